The van der Waals surface area contributed by atoms with Gasteiger partial charge in [0.15, 0.2) is 6.61 Å². The predicted molar refractivity (Wildman–Crippen MR) is 116 cm³/mol. The average Bonchev–Trinajstić information content (AvgIpc) is 3.46. The molecule has 3 aliphatic rings. The summed E-state index contributed by atoms with van der Waals surface area (Å²) in [5.74, 6) is -3.38. The molecule has 2 bridgehead atoms. The molecular formula is C23H26ClN3O6. The second-order valence-electron chi connectivity index (χ2n) is 9.24. The van der Waals surface area contributed by atoms with Gasteiger partial charge in [0.2, 0.25) is 11.8 Å². The number of carbonyl (C=O) groups is 5. The number of nitrogens with one attached hydrogen (secondary N) is 2. The standard InChI is InChI=1S/C23H26ClN3O6/c1-11(2)19(27-21(30)17-13-3-4-14(9-13)18(17)22(27)31)23(32)33-10-16(28)25-26-20(29)12-5-7-15(24)8-6-12/h5-8,11,13-14,17-19H,3-4,9-10H2,1-2H3,(H,25,28)(H,26,29)/t13-,14-,17-,18+,19-/m0/s1. The molecule has 1 aromatic carbocycles. The van der Waals surface area contributed by atoms with Gasteiger partial charge < -0.3 is 4.74 Å². The van der Waals surface area contributed by atoms with Gasteiger partial charge >= 0.3 is 5.97 Å². The number of imide groups is 1. The number of hydrazine groups is 1. The number of likely N-dealkylation sites (tertiary alicyclic amines) is 1. The summed E-state index contributed by atoms with van der Waals surface area (Å²) in [7, 11) is 0. The summed E-state index contributed by atoms with van der Waals surface area (Å²) >= 11 is 5.78. The molecule has 2 saturated carbocycles. The van der Waals surface area contributed by atoms with Crippen molar-refractivity contribution < 1.29 is 28.7 Å². The van der Waals surface area contributed by atoms with Crippen molar-refractivity contribution in [3.05, 3.63) is 34.9 Å². The van der Waals surface area contributed by atoms with Crippen LogP contribution in [0.15, 0.2) is 24.3 Å². The molecule has 0 aromatic heterocycles. The van der Waals surface area contributed by atoms with E-state index in [1.807, 2.05) is 0 Å². The Bertz CT molecular complexity index is 966. The van der Waals surface area contributed by atoms with E-state index in [2.05, 4.69) is 10.9 Å². The van der Waals surface area contributed by atoms with Crippen LogP contribution < -0.4 is 10.9 Å². The van der Waals surface area contributed by atoms with Crippen LogP contribution in [0.25, 0.3) is 0 Å². The maximum atomic E-state index is 13.1. The van der Waals surface area contributed by atoms with E-state index in [1.54, 1.807) is 13.8 Å². The van der Waals surface area contributed by atoms with Gasteiger partial charge in [0.25, 0.3) is 11.8 Å². The van der Waals surface area contributed by atoms with Crippen molar-refractivity contribution in [2.45, 2.75) is 39.2 Å². The fourth-order valence-corrected chi connectivity index (χ4v) is 5.57. The van der Waals surface area contributed by atoms with Crippen molar-refractivity contribution in [1.82, 2.24) is 15.8 Å². The highest BCUT2D eigenvalue weighted by Crippen LogP contribution is 2.56. The molecule has 1 saturated heterocycles. The molecule has 5 atom stereocenters. The average molecular weight is 476 g/mol. The van der Waals surface area contributed by atoms with E-state index in [0.717, 1.165) is 24.2 Å². The van der Waals surface area contributed by atoms with Crippen LogP contribution in [-0.4, -0.2) is 47.1 Å². The summed E-state index contributed by atoms with van der Waals surface area (Å²) in [4.78, 5) is 64.1. The third-order valence-corrected chi connectivity index (χ3v) is 7.13. The summed E-state index contributed by atoms with van der Waals surface area (Å²) in [6.07, 6.45) is 2.79. The smallest absolute Gasteiger partial charge is 0.330 e. The highest BCUT2D eigenvalue weighted by atomic mass is 35.5. The third-order valence-electron chi connectivity index (χ3n) is 6.88. The van der Waals surface area contributed by atoms with Crippen LogP contribution in [0.2, 0.25) is 5.02 Å². The number of hydrogen-bond acceptors (Lipinski definition) is 6. The molecule has 10 heteroatoms. The van der Waals surface area contributed by atoms with Gasteiger partial charge in [-0.05, 0) is 61.3 Å². The van der Waals surface area contributed by atoms with Crippen LogP contribution in [0.1, 0.15) is 43.5 Å². The first-order valence-corrected chi connectivity index (χ1v) is 11.4. The molecule has 1 aromatic rings. The van der Waals surface area contributed by atoms with Crippen molar-refractivity contribution in [3.63, 3.8) is 0 Å². The number of esters is 1. The molecule has 0 unspecified atom stereocenters. The Hall–Kier alpha value is -2.94. The highest BCUT2D eigenvalue weighted by Gasteiger charge is 2.62. The Balaban J connectivity index is 1.33. The van der Waals surface area contributed by atoms with Crippen molar-refractivity contribution >= 4 is 41.2 Å². The van der Waals surface area contributed by atoms with Crippen LogP contribution in [0.4, 0.5) is 0 Å². The van der Waals surface area contributed by atoms with Crippen LogP contribution in [0.5, 0.6) is 0 Å². The lowest BCUT2D eigenvalue weighted by Gasteiger charge is -2.28. The van der Waals surface area contributed by atoms with E-state index in [4.69, 9.17) is 16.3 Å². The van der Waals surface area contributed by atoms with Crippen LogP contribution >= 0.6 is 11.6 Å². The molecule has 4 rings (SSSR count). The molecule has 176 valence electrons. The largest absolute Gasteiger partial charge is 0.454 e. The zero-order chi connectivity index (χ0) is 23.9. The number of carbonyl (C=O) groups excluding carboxylic acids is 5. The first-order valence-electron chi connectivity index (χ1n) is 11.1. The van der Waals surface area contributed by atoms with Crippen LogP contribution in [-0.2, 0) is 23.9 Å². The minimum atomic E-state index is -1.09. The minimum Gasteiger partial charge on any atom is -0.454 e. The van der Waals surface area contributed by atoms with E-state index in [-0.39, 0.29) is 47.0 Å². The van der Waals surface area contributed by atoms with Crippen molar-refractivity contribution in [1.29, 1.82) is 0 Å². The molecule has 9 nitrogen and oxygen atoms in total. The fraction of sp³-hybridized carbons (Fsp3) is 0.522. The van der Waals surface area contributed by atoms with E-state index in [9.17, 15) is 24.0 Å². The summed E-state index contributed by atoms with van der Waals surface area (Å²) < 4.78 is 5.12. The van der Waals surface area contributed by atoms with Gasteiger partial charge in [0, 0.05) is 10.6 Å². The lowest BCUT2D eigenvalue weighted by atomic mass is 9.81. The summed E-state index contributed by atoms with van der Waals surface area (Å²) in [6.45, 7) is 2.78. The van der Waals surface area contributed by atoms with Gasteiger partial charge in [0.1, 0.15) is 6.04 Å². The highest BCUT2D eigenvalue weighted by molar-refractivity contribution is 6.30. The fourth-order valence-electron chi connectivity index (χ4n) is 5.44. The van der Waals surface area contributed by atoms with Gasteiger partial charge in [-0.2, -0.15) is 0 Å². The number of ether oxygens (including phenoxy) is 1. The Morgan fingerprint density at radius 2 is 1.61 bits per heavy atom. The summed E-state index contributed by atoms with van der Waals surface area (Å²) in [5, 5.41) is 0.466. The van der Waals surface area contributed by atoms with Gasteiger partial charge in [-0.25, -0.2) is 4.79 Å². The second kappa shape index (κ2) is 9.13. The van der Waals surface area contributed by atoms with Crippen LogP contribution in [0, 0.1) is 29.6 Å². The second-order valence-corrected chi connectivity index (χ2v) is 9.67. The quantitative estimate of drug-likeness (QED) is 0.367. The molecule has 2 aliphatic carbocycles. The zero-order valence-corrected chi connectivity index (χ0v) is 19.1. The van der Waals surface area contributed by atoms with Crippen molar-refractivity contribution in [2.24, 2.45) is 29.6 Å². The lowest BCUT2D eigenvalue weighted by Crippen LogP contribution is -2.50. The summed E-state index contributed by atoms with van der Waals surface area (Å²) in [6, 6.07) is 4.96. The predicted octanol–water partition coefficient (Wildman–Crippen LogP) is 1.70. The lowest BCUT2D eigenvalue weighted by molar-refractivity contribution is -0.162. The van der Waals surface area contributed by atoms with Crippen molar-refractivity contribution in [2.75, 3.05) is 6.61 Å². The Morgan fingerprint density at radius 1 is 1.03 bits per heavy atom. The maximum Gasteiger partial charge on any atom is 0.330 e. The monoisotopic (exact) mass is 475 g/mol. The SMILES string of the molecule is CC(C)[C@@H](C(=O)OCC(=O)NNC(=O)c1ccc(Cl)cc1)N1C(=O)[C@@H]2[C@H]3CC[C@@H](C3)[C@@H]2C1=O. The van der Waals surface area contributed by atoms with Crippen molar-refractivity contribution in [3.8, 4) is 0 Å². The first-order chi connectivity index (χ1) is 15.7. The first kappa shape index (κ1) is 23.2. The molecular weight excluding hydrogens is 450 g/mol. The number of amides is 4. The van der Waals surface area contributed by atoms with Gasteiger partial charge in [0.05, 0.1) is 11.8 Å². The zero-order valence-electron chi connectivity index (χ0n) is 18.4. The number of rotatable bonds is 6. The molecule has 1 aliphatic heterocycles. The number of nitrogens with zero attached hydrogens (tertiary/aromatic N) is 1. The molecule has 33 heavy (non-hydrogen) atoms. The number of fused-ring (bicyclic) bond motifs is 5. The molecule has 4 amide bonds. The summed E-state index contributed by atoms with van der Waals surface area (Å²) in [5.41, 5.74) is 4.66. The van der Waals surface area contributed by atoms with E-state index in [1.165, 1.54) is 24.3 Å². The Labute approximate surface area is 196 Å². The number of hydrogen-bond donors (Lipinski definition) is 2. The minimum absolute atomic E-state index is 0.209. The molecule has 0 radical (unpaired) electrons. The van der Waals surface area contributed by atoms with Gasteiger partial charge in [-0.15, -0.1) is 0 Å². The van der Waals surface area contributed by atoms with Crippen LogP contribution in [0.3, 0.4) is 0 Å². The molecule has 3 fully saturated rings. The maximum absolute atomic E-state index is 13.1. The molecule has 2 N–H and O–H groups in total. The Morgan fingerprint density at radius 3 is 2.15 bits per heavy atom. The molecule has 1 heterocycles. The molecule has 0 spiro atoms. The van der Waals surface area contributed by atoms with E-state index >= 15 is 0 Å². The number of halogens is 1. The van der Waals surface area contributed by atoms with Gasteiger partial charge in [-0.1, -0.05) is 25.4 Å². The van der Waals surface area contributed by atoms with E-state index < -0.39 is 30.4 Å². The van der Waals surface area contributed by atoms with Gasteiger partial charge in [-0.3, -0.25) is 34.9 Å². The Kier molecular flexibility index (Phi) is 6.43. The third kappa shape index (κ3) is 4.34. The van der Waals surface area contributed by atoms with E-state index in [0.29, 0.717) is 5.02 Å². The number of benzene rings is 1. The normalized spacial score (nSPS) is 26.4. The topological polar surface area (TPSA) is 122 Å².